The van der Waals surface area contributed by atoms with Crippen LogP contribution in [0.1, 0.15) is 55.3 Å². The summed E-state index contributed by atoms with van der Waals surface area (Å²) in [5.74, 6) is 0.659. The molecule has 12 nitrogen and oxygen atoms in total. The predicted octanol–water partition coefficient (Wildman–Crippen LogP) is 5.29. The molecule has 0 atom stereocenters. The largest absolute Gasteiger partial charge is 0.479 e. The first kappa shape index (κ1) is 28.5. The number of carbonyl (C=O) groups is 2. The average Bonchev–Trinajstić information content (AvgIpc) is 3.39. The van der Waals surface area contributed by atoms with Crippen LogP contribution >= 0.6 is 0 Å². The zero-order valence-corrected chi connectivity index (χ0v) is 23.5. The standard InChI is InChI=1S/C28H35N5O7/c1-16-7-8-17(28(2,3)4)15-20(16)40-21-10-9-19(39-21)23(34)30-22-24(37-5)31-26(32-25(22)38-6)29-18-11-13-33(14-12-18)27(35)36/h7-10,15,18H,11-14H2,1-6H3,(H,30,34)(H,35,36)(H,29,31,32). The SMILES string of the molecule is COc1nc(NC2CCN(C(=O)O)CC2)nc(OC)c1NC(=O)c1ccc(Oc2cc(C(C)(C)C)ccc2C)o1. The molecule has 0 unspecified atom stereocenters. The summed E-state index contributed by atoms with van der Waals surface area (Å²) in [7, 11) is 2.83. The second-order valence-electron chi connectivity index (χ2n) is 10.5. The Hall–Kier alpha value is -4.48. The molecule has 1 aromatic carbocycles. The minimum Gasteiger partial charge on any atom is -0.479 e. The summed E-state index contributed by atoms with van der Waals surface area (Å²) in [6.07, 6.45) is 0.266. The number of anilines is 2. The highest BCUT2D eigenvalue weighted by atomic mass is 16.6. The van der Waals surface area contributed by atoms with Gasteiger partial charge < -0.3 is 39.3 Å². The van der Waals surface area contributed by atoms with E-state index in [9.17, 15) is 9.59 Å². The lowest BCUT2D eigenvalue weighted by atomic mass is 9.86. The Morgan fingerprint density at radius 2 is 1.70 bits per heavy atom. The van der Waals surface area contributed by atoms with E-state index in [2.05, 4.69) is 47.4 Å². The molecule has 1 fully saturated rings. The van der Waals surface area contributed by atoms with Crippen molar-refractivity contribution in [3.63, 3.8) is 0 Å². The van der Waals surface area contributed by atoms with Gasteiger partial charge in [0.05, 0.1) is 14.2 Å². The highest BCUT2D eigenvalue weighted by Gasteiger charge is 2.25. The lowest BCUT2D eigenvalue weighted by molar-refractivity contribution is 0.0990. The fraction of sp³-hybridized carbons (Fsp3) is 0.429. The topological polar surface area (TPSA) is 148 Å². The number of ether oxygens (including phenoxy) is 3. The number of nitrogens with one attached hydrogen (secondary N) is 2. The van der Waals surface area contributed by atoms with Crippen molar-refractivity contribution in [3.05, 3.63) is 47.2 Å². The van der Waals surface area contributed by atoms with E-state index in [0.717, 1.165) is 11.1 Å². The fourth-order valence-corrected chi connectivity index (χ4v) is 4.24. The van der Waals surface area contributed by atoms with Crippen molar-refractivity contribution in [2.45, 2.75) is 52.0 Å². The summed E-state index contributed by atoms with van der Waals surface area (Å²) in [6, 6.07) is 9.07. The van der Waals surface area contributed by atoms with Gasteiger partial charge in [-0.05, 0) is 48.4 Å². The molecule has 12 heteroatoms. The normalized spacial score (nSPS) is 14.0. The van der Waals surface area contributed by atoms with Gasteiger partial charge in [0.2, 0.25) is 17.7 Å². The van der Waals surface area contributed by atoms with Crippen molar-refractivity contribution in [2.24, 2.45) is 0 Å². The van der Waals surface area contributed by atoms with Crippen LogP contribution in [0.2, 0.25) is 0 Å². The van der Waals surface area contributed by atoms with E-state index < -0.39 is 12.0 Å². The number of methoxy groups -OCH3 is 2. The van der Waals surface area contributed by atoms with Crippen molar-refractivity contribution in [1.82, 2.24) is 14.9 Å². The van der Waals surface area contributed by atoms with Crippen molar-refractivity contribution < 1.29 is 33.3 Å². The van der Waals surface area contributed by atoms with Gasteiger partial charge in [-0.15, -0.1) is 0 Å². The van der Waals surface area contributed by atoms with Crippen molar-refractivity contribution in [1.29, 1.82) is 0 Å². The first-order valence-electron chi connectivity index (χ1n) is 12.9. The van der Waals surface area contributed by atoms with Crippen LogP contribution in [-0.2, 0) is 5.41 Å². The van der Waals surface area contributed by atoms with Gasteiger partial charge in [0.25, 0.3) is 11.9 Å². The lowest BCUT2D eigenvalue weighted by Crippen LogP contribution is -2.41. The van der Waals surface area contributed by atoms with Crippen molar-refractivity contribution in [2.75, 3.05) is 37.9 Å². The minimum atomic E-state index is -0.932. The third kappa shape index (κ3) is 6.56. The van der Waals surface area contributed by atoms with Gasteiger partial charge in [0.15, 0.2) is 11.4 Å². The number of benzene rings is 1. The maximum Gasteiger partial charge on any atom is 0.407 e. The maximum absolute atomic E-state index is 13.1. The van der Waals surface area contributed by atoms with Crippen LogP contribution in [0, 0.1) is 6.92 Å². The van der Waals surface area contributed by atoms with E-state index in [0.29, 0.717) is 31.7 Å². The fourth-order valence-electron chi connectivity index (χ4n) is 4.24. The van der Waals surface area contributed by atoms with Gasteiger partial charge >= 0.3 is 6.09 Å². The molecule has 2 aromatic heterocycles. The van der Waals surface area contributed by atoms with E-state index in [1.165, 1.54) is 25.2 Å². The number of likely N-dealkylation sites (tertiary alicyclic amines) is 1. The summed E-state index contributed by atoms with van der Waals surface area (Å²) >= 11 is 0. The Morgan fingerprint density at radius 3 is 2.27 bits per heavy atom. The van der Waals surface area contributed by atoms with Crippen LogP contribution in [0.5, 0.6) is 23.5 Å². The molecule has 0 bridgehead atoms. The smallest absolute Gasteiger partial charge is 0.407 e. The number of nitrogens with zero attached hydrogens (tertiary/aromatic N) is 3. The summed E-state index contributed by atoms with van der Waals surface area (Å²) in [5.41, 5.74) is 2.13. The summed E-state index contributed by atoms with van der Waals surface area (Å²) in [4.78, 5) is 34.3. The van der Waals surface area contributed by atoms with Crippen molar-refractivity contribution >= 4 is 23.6 Å². The molecule has 4 rings (SSSR count). The zero-order chi connectivity index (χ0) is 29.0. The van der Waals surface area contributed by atoms with Gasteiger partial charge in [-0.2, -0.15) is 9.97 Å². The van der Waals surface area contributed by atoms with E-state index in [1.807, 2.05) is 19.1 Å². The van der Waals surface area contributed by atoms with Gasteiger partial charge in [-0.3, -0.25) is 4.79 Å². The van der Waals surface area contributed by atoms with Crippen LogP contribution in [0.4, 0.5) is 16.4 Å². The minimum absolute atomic E-state index is 0.0103. The van der Waals surface area contributed by atoms with Crippen LogP contribution in [0.15, 0.2) is 34.7 Å². The first-order chi connectivity index (χ1) is 19.0. The monoisotopic (exact) mass is 553 g/mol. The molecule has 2 amide bonds. The zero-order valence-electron chi connectivity index (χ0n) is 23.5. The molecular formula is C28H35N5O7. The number of carbonyl (C=O) groups excluding carboxylic acids is 1. The van der Waals surface area contributed by atoms with Crippen molar-refractivity contribution in [3.8, 4) is 23.5 Å². The van der Waals surface area contributed by atoms with Gasteiger partial charge in [-0.1, -0.05) is 32.9 Å². The Morgan fingerprint density at radius 1 is 1.05 bits per heavy atom. The second kappa shape index (κ2) is 11.7. The Bertz CT molecular complexity index is 1350. The average molecular weight is 554 g/mol. The molecular weight excluding hydrogens is 518 g/mol. The van der Waals surface area contributed by atoms with E-state index in [1.54, 1.807) is 6.07 Å². The molecule has 0 radical (unpaired) electrons. The third-order valence-corrected chi connectivity index (χ3v) is 6.64. The number of hydrogen-bond acceptors (Lipinski definition) is 9. The molecule has 40 heavy (non-hydrogen) atoms. The first-order valence-corrected chi connectivity index (χ1v) is 12.9. The van der Waals surface area contributed by atoms with Gasteiger partial charge in [-0.25, -0.2) is 4.79 Å². The highest BCUT2D eigenvalue weighted by molar-refractivity contribution is 6.03. The molecule has 214 valence electrons. The summed E-state index contributed by atoms with van der Waals surface area (Å²) in [6.45, 7) is 9.12. The van der Waals surface area contributed by atoms with Gasteiger partial charge in [0, 0.05) is 25.2 Å². The Balaban J connectivity index is 1.47. The van der Waals surface area contributed by atoms with E-state index in [4.69, 9.17) is 23.7 Å². The number of furan rings is 1. The Kier molecular flexibility index (Phi) is 8.36. The molecule has 3 heterocycles. The molecule has 0 spiro atoms. The quantitative estimate of drug-likeness (QED) is 0.336. The molecule has 0 aliphatic carbocycles. The third-order valence-electron chi connectivity index (χ3n) is 6.64. The van der Waals surface area contributed by atoms with Crippen LogP contribution in [0.25, 0.3) is 0 Å². The van der Waals surface area contributed by atoms with E-state index in [-0.39, 0.29) is 46.6 Å². The number of rotatable bonds is 8. The van der Waals surface area contributed by atoms with Crippen LogP contribution in [0.3, 0.4) is 0 Å². The number of aryl methyl sites for hydroxylation is 1. The number of piperidine rings is 1. The van der Waals surface area contributed by atoms with Gasteiger partial charge in [0.1, 0.15) is 5.75 Å². The maximum atomic E-state index is 13.1. The molecule has 3 N–H and O–H groups in total. The highest BCUT2D eigenvalue weighted by Crippen LogP contribution is 2.35. The molecule has 3 aromatic rings. The molecule has 1 aliphatic rings. The number of hydrogen-bond donors (Lipinski definition) is 3. The summed E-state index contributed by atoms with van der Waals surface area (Å²) in [5, 5.41) is 15.0. The molecule has 1 saturated heterocycles. The van der Waals surface area contributed by atoms with Crippen LogP contribution in [-0.4, -0.2) is 65.3 Å². The van der Waals surface area contributed by atoms with Crippen LogP contribution < -0.4 is 24.8 Å². The number of aromatic nitrogens is 2. The molecule has 1 aliphatic heterocycles. The lowest BCUT2D eigenvalue weighted by Gasteiger charge is -2.30. The second-order valence-corrected chi connectivity index (χ2v) is 10.5. The summed E-state index contributed by atoms with van der Waals surface area (Å²) < 4.78 is 22.5. The Labute approximate surface area is 232 Å². The number of carboxylic acid groups (broad SMARTS) is 1. The predicted molar refractivity (Wildman–Crippen MR) is 148 cm³/mol. The molecule has 0 saturated carbocycles. The van der Waals surface area contributed by atoms with E-state index >= 15 is 0 Å². The number of amides is 2.